The average Bonchev–Trinajstić information content (AvgIpc) is 2.88. The molecule has 0 fully saturated rings. The summed E-state index contributed by atoms with van der Waals surface area (Å²) >= 11 is 5.63. The number of aliphatic hydroxyl groups is 1. The van der Waals surface area contributed by atoms with Crippen LogP contribution in [0.5, 0.6) is 11.5 Å². The summed E-state index contributed by atoms with van der Waals surface area (Å²) in [6, 6.07) is 16.5. The highest BCUT2D eigenvalue weighted by Crippen LogP contribution is 2.33. The summed E-state index contributed by atoms with van der Waals surface area (Å²) in [6.45, 7) is 15.7. The third kappa shape index (κ3) is 10.0. The highest BCUT2D eigenvalue weighted by Gasteiger charge is 2.23. The third-order valence-corrected chi connectivity index (χ3v) is 7.19. The van der Waals surface area contributed by atoms with Crippen LogP contribution in [0, 0.1) is 5.92 Å². The molecule has 0 aliphatic carbocycles. The van der Waals surface area contributed by atoms with Crippen molar-refractivity contribution in [2.75, 3.05) is 38.7 Å². The first-order chi connectivity index (χ1) is 16.8. The third-order valence-electron chi connectivity index (χ3n) is 6.83. The normalized spacial score (nSPS) is 13.6. The van der Waals surface area contributed by atoms with Crippen molar-refractivity contribution >= 4 is 11.6 Å². The van der Waals surface area contributed by atoms with E-state index in [-0.39, 0.29) is 17.9 Å². The standard InChI is InChI=1S/C30H46ClNO3/c1-6-18-32(20-17-24(3)7-2)19-8-21-34-28-13-9-25(10-14-28)30(4,5)26-11-15-29(16-12-26)35-23-27(33)22-31/h9-16,24,27,33H,6-8,17-23H2,1-5H3. The molecule has 2 aromatic carbocycles. The van der Waals surface area contributed by atoms with Crippen molar-refractivity contribution in [3.8, 4) is 11.5 Å². The van der Waals surface area contributed by atoms with E-state index in [1.807, 2.05) is 12.1 Å². The highest BCUT2D eigenvalue weighted by atomic mass is 35.5. The lowest BCUT2D eigenvalue weighted by molar-refractivity contribution is 0.125. The quantitative estimate of drug-likeness (QED) is 0.188. The summed E-state index contributed by atoms with van der Waals surface area (Å²) in [7, 11) is 0. The molecule has 2 atom stereocenters. The molecule has 2 aromatic rings. The van der Waals surface area contributed by atoms with Gasteiger partial charge in [0.2, 0.25) is 0 Å². The molecule has 196 valence electrons. The van der Waals surface area contributed by atoms with Gasteiger partial charge in [0.25, 0.3) is 0 Å². The van der Waals surface area contributed by atoms with E-state index >= 15 is 0 Å². The molecule has 2 rings (SSSR count). The van der Waals surface area contributed by atoms with E-state index in [4.69, 9.17) is 21.1 Å². The average molecular weight is 504 g/mol. The summed E-state index contributed by atoms with van der Waals surface area (Å²) in [5, 5.41) is 9.57. The Morgan fingerprint density at radius 2 is 1.46 bits per heavy atom. The van der Waals surface area contributed by atoms with Crippen molar-refractivity contribution in [3.63, 3.8) is 0 Å². The van der Waals surface area contributed by atoms with Crippen molar-refractivity contribution in [1.82, 2.24) is 4.90 Å². The summed E-state index contributed by atoms with van der Waals surface area (Å²) in [6.07, 6.45) is 4.13. The van der Waals surface area contributed by atoms with E-state index in [0.717, 1.165) is 37.0 Å². The number of aliphatic hydroxyl groups excluding tert-OH is 1. The Morgan fingerprint density at radius 1 is 0.886 bits per heavy atom. The minimum absolute atomic E-state index is 0.150. The molecular formula is C30H46ClNO3. The van der Waals surface area contributed by atoms with Gasteiger partial charge in [-0.2, -0.15) is 0 Å². The molecule has 5 heteroatoms. The lowest BCUT2D eigenvalue weighted by Crippen LogP contribution is -2.29. The van der Waals surface area contributed by atoms with Gasteiger partial charge in [-0.3, -0.25) is 0 Å². The predicted octanol–water partition coefficient (Wildman–Crippen LogP) is 6.91. The Morgan fingerprint density at radius 3 is 1.97 bits per heavy atom. The Balaban J connectivity index is 1.85. The van der Waals surface area contributed by atoms with Crippen LogP contribution in [-0.4, -0.2) is 54.8 Å². The maximum absolute atomic E-state index is 9.57. The van der Waals surface area contributed by atoms with E-state index in [1.54, 1.807) is 0 Å². The van der Waals surface area contributed by atoms with Crippen LogP contribution in [0.3, 0.4) is 0 Å². The molecule has 0 aliphatic rings. The number of hydrogen-bond donors (Lipinski definition) is 1. The molecular weight excluding hydrogens is 458 g/mol. The molecule has 1 N–H and O–H groups in total. The SMILES string of the molecule is CCCN(CCCOc1ccc(C(C)(C)c2ccc(OCC(O)CCl)cc2)cc1)CCC(C)CC. The fourth-order valence-corrected chi connectivity index (χ4v) is 4.17. The molecule has 2 unspecified atom stereocenters. The topological polar surface area (TPSA) is 41.9 Å². The molecule has 0 aromatic heterocycles. The number of rotatable bonds is 17. The molecule has 0 spiro atoms. The van der Waals surface area contributed by atoms with Gasteiger partial charge in [-0.15, -0.1) is 11.6 Å². The first-order valence-electron chi connectivity index (χ1n) is 13.2. The van der Waals surface area contributed by atoms with Gasteiger partial charge in [-0.1, -0.05) is 65.3 Å². The Kier molecular flexibility index (Phi) is 13.0. The Bertz CT molecular complexity index is 823. The lowest BCUT2D eigenvalue weighted by atomic mass is 9.78. The maximum atomic E-state index is 9.57. The molecule has 0 bridgehead atoms. The van der Waals surface area contributed by atoms with Gasteiger partial charge < -0.3 is 19.5 Å². The highest BCUT2D eigenvalue weighted by molar-refractivity contribution is 6.18. The van der Waals surface area contributed by atoms with Crippen LogP contribution >= 0.6 is 11.6 Å². The zero-order valence-corrected chi connectivity index (χ0v) is 23.2. The summed E-state index contributed by atoms with van der Waals surface area (Å²) in [5.41, 5.74) is 2.28. The fourth-order valence-electron chi connectivity index (χ4n) is 4.08. The number of halogens is 1. The van der Waals surface area contributed by atoms with Crippen molar-refractivity contribution in [1.29, 1.82) is 0 Å². The number of hydrogen-bond acceptors (Lipinski definition) is 4. The van der Waals surface area contributed by atoms with E-state index in [1.165, 1.54) is 43.5 Å². The minimum atomic E-state index is -0.654. The number of alkyl halides is 1. The second kappa shape index (κ2) is 15.4. The van der Waals surface area contributed by atoms with Gasteiger partial charge in [0.15, 0.2) is 0 Å². The number of nitrogens with zero attached hydrogens (tertiary/aromatic N) is 1. The molecule has 0 saturated heterocycles. The van der Waals surface area contributed by atoms with Gasteiger partial charge in [-0.25, -0.2) is 0 Å². The molecule has 0 saturated carbocycles. The van der Waals surface area contributed by atoms with Gasteiger partial charge in [0.1, 0.15) is 24.2 Å². The van der Waals surface area contributed by atoms with Gasteiger partial charge >= 0.3 is 0 Å². The Hall–Kier alpha value is -1.75. The zero-order chi connectivity index (χ0) is 25.7. The molecule has 35 heavy (non-hydrogen) atoms. The lowest BCUT2D eigenvalue weighted by Gasteiger charge is -2.26. The van der Waals surface area contributed by atoms with Gasteiger partial charge in [0, 0.05) is 12.0 Å². The number of ether oxygens (including phenoxy) is 2. The van der Waals surface area contributed by atoms with Crippen LogP contribution < -0.4 is 9.47 Å². The second-order valence-corrected chi connectivity index (χ2v) is 10.4. The van der Waals surface area contributed by atoms with Crippen LogP contribution in [0.15, 0.2) is 48.5 Å². The van der Waals surface area contributed by atoms with Crippen LogP contribution in [0.1, 0.15) is 71.4 Å². The first kappa shape index (κ1) is 29.5. The summed E-state index contributed by atoms with van der Waals surface area (Å²) in [4.78, 5) is 2.58. The summed E-state index contributed by atoms with van der Waals surface area (Å²) in [5.74, 6) is 2.62. The zero-order valence-electron chi connectivity index (χ0n) is 22.4. The van der Waals surface area contributed by atoms with Crippen LogP contribution in [-0.2, 0) is 5.41 Å². The van der Waals surface area contributed by atoms with Crippen molar-refractivity contribution in [3.05, 3.63) is 59.7 Å². The van der Waals surface area contributed by atoms with E-state index in [9.17, 15) is 5.11 Å². The van der Waals surface area contributed by atoms with Crippen LogP contribution in [0.25, 0.3) is 0 Å². The van der Waals surface area contributed by atoms with E-state index in [2.05, 4.69) is 75.9 Å². The molecule has 0 radical (unpaired) electrons. The first-order valence-corrected chi connectivity index (χ1v) is 13.8. The Labute approximate surface area is 218 Å². The van der Waals surface area contributed by atoms with E-state index in [0.29, 0.717) is 0 Å². The van der Waals surface area contributed by atoms with Crippen LogP contribution in [0.4, 0.5) is 0 Å². The smallest absolute Gasteiger partial charge is 0.119 e. The molecule has 0 amide bonds. The van der Waals surface area contributed by atoms with Crippen molar-refractivity contribution < 1.29 is 14.6 Å². The van der Waals surface area contributed by atoms with E-state index < -0.39 is 6.10 Å². The second-order valence-electron chi connectivity index (χ2n) is 10.1. The molecule has 0 aliphatic heterocycles. The fraction of sp³-hybridized carbons (Fsp3) is 0.600. The number of benzene rings is 2. The monoisotopic (exact) mass is 503 g/mol. The van der Waals surface area contributed by atoms with Gasteiger partial charge in [0.05, 0.1) is 12.5 Å². The van der Waals surface area contributed by atoms with Gasteiger partial charge in [-0.05, 0) is 73.7 Å². The minimum Gasteiger partial charge on any atom is -0.494 e. The maximum Gasteiger partial charge on any atom is 0.119 e. The largest absolute Gasteiger partial charge is 0.494 e. The summed E-state index contributed by atoms with van der Waals surface area (Å²) < 4.78 is 11.7. The molecule has 4 nitrogen and oxygen atoms in total. The van der Waals surface area contributed by atoms with Crippen molar-refractivity contribution in [2.45, 2.75) is 71.8 Å². The van der Waals surface area contributed by atoms with Crippen molar-refractivity contribution in [2.24, 2.45) is 5.92 Å². The predicted molar refractivity (Wildman–Crippen MR) is 148 cm³/mol. The molecule has 0 heterocycles. The van der Waals surface area contributed by atoms with Crippen LogP contribution in [0.2, 0.25) is 0 Å².